The summed E-state index contributed by atoms with van der Waals surface area (Å²) in [6, 6.07) is 10.3. The Bertz CT molecular complexity index is 2400. The molecule has 1 saturated heterocycles. The van der Waals surface area contributed by atoms with Crippen LogP contribution in [-0.4, -0.2) is 93.4 Å². The Kier molecular flexibility index (Phi) is 8.24. The van der Waals surface area contributed by atoms with Gasteiger partial charge in [-0.1, -0.05) is 18.2 Å². The van der Waals surface area contributed by atoms with Crippen LogP contribution in [-0.2, 0) is 11.8 Å². The van der Waals surface area contributed by atoms with Crippen molar-refractivity contribution >= 4 is 47.0 Å². The number of hydrogen-bond donors (Lipinski definition) is 6. The average Bonchev–Trinajstić information content (AvgIpc) is 4.02. The molecule has 11 rings (SSSR count). The van der Waals surface area contributed by atoms with Gasteiger partial charge in [-0.15, -0.1) is 0 Å². The number of anilines is 1. The van der Waals surface area contributed by atoms with Gasteiger partial charge in [-0.05, 0) is 98.8 Å². The number of nitrogen functional groups attached to an aromatic ring is 1. The molecule has 2 aliphatic carbocycles. The molecule has 55 heavy (non-hydrogen) atoms. The van der Waals surface area contributed by atoms with Crippen molar-refractivity contribution in [1.29, 1.82) is 0 Å². The quantitative estimate of drug-likeness (QED) is 0.187. The molecule has 0 radical (unpaired) electrons. The van der Waals surface area contributed by atoms with Crippen LogP contribution in [0.15, 0.2) is 138 Å². The van der Waals surface area contributed by atoms with Gasteiger partial charge in [0.2, 0.25) is 5.96 Å². The maximum Gasteiger partial charge on any atom is 0.335 e. The number of aromatic carboxylic acids is 1. The number of aliphatic imine (C=N–C) groups is 6. The molecule has 15 heteroatoms. The number of carboxylic acids is 1. The zero-order valence-corrected chi connectivity index (χ0v) is 29.5. The number of hydrogen-bond acceptors (Lipinski definition) is 14. The van der Waals surface area contributed by atoms with Crippen molar-refractivity contribution in [3.05, 3.63) is 125 Å². The molecule has 7 heterocycles. The Balaban J connectivity index is 0.000000117. The third-order valence-corrected chi connectivity index (χ3v) is 10.8. The van der Waals surface area contributed by atoms with Crippen LogP contribution in [0.5, 0.6) is 11.5 Å². The number of benzene rings is 2. The molecule has 0 aromatic heterocycles. The van der Waals surface area contributed by atoms with E-state index >= 15 is 0 Å². The van der Waals surface area contributed by atoms with Crippen LogP contribution < -0.4 is 21.3 Å². The number of likely N-dealkylation sites (tertiary alicyclic amines) is 1. The van der Waals surface area contributed by atoms with Crippen molar-refractivity contribution in [2.24, 2.45) is 35.9 Å². The minimum absolute atomic E-state index is 0.160. The molecule has 0 amide bonds. The zero-order chi connectivity index (χ0) is 37.8. The number of hydrazine groups is 1. The van der Waals surface area contributed by atoms with E-state index in [2.05, 4.69) is 58.8 Å². The van der Waals surface area contributed by atoms with Gasteiger partial charge < -0.3 is 30.7 Å². The van der Waals surface area contributed by atoms with E-state index in [1.165, 1.54) is 23.3 Å². The number of aliphatic hydroxyl groups excluding tert-OH is 1. The molecule has 0 unspecified atom stereocenters. The normalized spacial score (nSPS) is 27.8. The first kappa shape index (κ1) is 34.1. The van der Waals surface area contributed by atoms with Crippen LogP contribution in [0.3, 0.4) is 0 Å². The average molecular weight is 737 g/mol. The second-order valence-electron chi connectivity index (χ2n) is 14.2. The molecule has 15 nitrogen and oxygen atoms in total. The number of piperidine rings is 1. The van der Waals surface area contributed by atoms with Crippen LogP contribution in [0.25, 0.3) is 0 Å². The standard InChI is InChI=1S/C17H19NO3.C16H10N8.C7H7NO2/c1-18-7-6-17-10-3-5-13(20)16(17)21-15-12(19)4-2-9(14(15)17)8-11(10)18;1-2-11-6-13-8-17-15(20-13)22-16-21-14(23-24-16)7-12-4-3-10(19-12)5-9(1)18-11;8-6-3-1-5(2-4-6)7(9)10/h2-5,10-11,13,16,19-20H,6-8H2,1H3;1-8H,(H2,17,20,21,22,23,24);1-4H,8H2,(H,9,10)/t10-,11+,13-,16-,17-;;/m0../s1. The molecule has 7 N–H and O–H groups in total. The van der Waals surface area contributed by atoms with Crippen molar-refractivity contribution in [1.82, 2.24) is 15.8 Å². The fourth-order valence-corrected chi connectivity index (χ4v) is 8.34. The Morgan fingerprint density at radius 2 is 1.65 bits per heavy atom. The number of guanidine groups is 2. The molecular formula is C40H36N10O5. The van der Waals surface area contributed by atoms with Crippen LogP contribution in [0.1, 0.15) is 27.9 Å². The summed E-state index contributed by atoms with van der Waals surface area (Å²) in [7, 11) is 2.19. The van der Waals surface area contributed by atoms with Gasteiger partial charge in [0.15, 0.2) is 17.3 Å². The number of rotatable bonds is 1. The van der Waals surface area contributed by atoms with E-state index in [0.717, 1.165) is 42.2 Å². The molecular weight excluding hydrogens is 701 g/mol. The fraction of sp³-hybridized carbons (Fsp3) is 0.225. The lowest BCUT2D eigenvalue weighted by Crippen LogP contribution is -2.64. The van der Waals surface area contributed by atoms with E-state index in [1.54, 1.807) is 24.4 Å². The van der Waals surface area contributed by atoms with Crippen LogP contribution >= 0.6 is 0 Å². The Labute approximate surface area is 315 Å². The lowest BCUT2D eigenvalue weighted by atomic mass is 9.53. The van der Waals surface area contributed by atoms with Gasteiger partial charge in [0.05, 0.1) is 40.3 Å². The highest BCUT2D eigenvalue weighted by atomic mass is 16.5. The summed E-state index contributed by atoms with van der Waals surface area (Å²) < 4.78 is 6.09. The van der Waals surface area contributed by atoms with Crippen molar-refractivity contribution < 1.29 is 24.9 Å². The van der Waals surface area contributed by atoms with Crippen molar-refractivity contribution in [3.63, 3.8) is 0 Å². The Morgan fingerprint density at radius 1 is 0.909 bits per heavy atom. The molecule has 9 aliphatic rings. The first-order chi connectivity index (χ1) is 26.6. The minimum atomic E-state index is -0.931. The van der Waals surface area contributed by atoms with Gasteiger partial charge in [0, 0.05) is 34.7 Å². The summed E-state index contributed by atoms with van der Waals surface area (Å²) in [4.78, 5) is 38.9. The first-order valence-corrected chi connectivity index (χ1v) is 17.8. The molecule has 2 aromatic carbocycles. The molecule has 5 atom stereocenters. The third kappa shape index (κ3) is 6.18. The number of nitrogens with one attached hydrogen (secondary N) is 2. The number of nitrogens with zero attached hydrogens (tertiary/aromatic N) is 7. The van der Waals surface area contributed by atoms with E-state index in [0.29, 0.717) is 46.8 Å². The lowest BCUT2D eigenvalue weighted by Gasteiger charge is -2.56. The van der Waals surface area contributed by atoms with Crippen molar-refractivity contribution in [3.8, 4) is 11.5 Å². The van der Waals surface area contributed by atoms with E-state index in [9.17, 15) is 15.0 Å². The number of aromatic hydroxyl groups is 1. The number of phenols is 1. The first-order valence-electron chi connectivity index (χ1n) is 17.8. The van der Waals surface area contributed by atoms with Crippen molar-refractivity contribution in [2.75, 3.05) is 19.3 Å². The smallest absolute Gasteiger partial charge is 0.335 e. The Hall–Kier alpha value is -6.71. The Morgan fingerprint density at radius 3 is 2.42 bits per heavy atom. The van der Waals surface area contributed by atoms with E-state index in [1.807, 2.05) is 54.7 Å². The summed E-state index contributed by atoms with van der Waals surface area (Å²) in [5.74, 6) is 1.62. The van der Waals surface area contributed by atoms with Gasteiger partial charge in [-0.25, -0.2) is 24.8 Å². The number of likely N-dealkylation sites (N-methyl/N-ethyl adjacent to an activating group) is 1. The summed E-state index contributed by atoms with van der Waals surface area (Å²) in [5, 5.41) is 29.1. The monoisotopic (exact) mass is 736 g/mol. The third-order valence-electron chi connectivity index (χ3n) is 10.8. The zero-order valence-electron chi connectivity index (χ0n) is 29.5. The number of carbonyl (C=O) groups is 1. The van der Waals surface area contributed by atoms with E-state index < -0.39 is 12.1 Å². The molecule has 2 aromatic rings. The highest BCUT2D eigenvalue weighted by molar-refractivity contribution is 6.16. The number of phenolic OH excluding ortho intramolecular Hbond substituents is 1. The fourth-order valence-electron chi connectivity index (χ4n) is 8.34. The van der Waals surface area contributed by atoms with Gasteiger partial charge >= 0.3 is 5.97 Å². The van der Waals surface area contributed by atoms with Crippen LogP contribution in [0, 0.1) is 5.92 Å². The second kappa shape index (κ2) is 13.3. The SMILES string of the molecule is C1=CC2=NC1=CC1=NC(=NC3=NC(=CC4=NC(=C2)C=C4)C=N3)NN1.CN1CC[C@]23c4c5ccc(O)c4O[C@H]2[C@@H](O)C=C[C@H]3[C@H]1C5.Nc1ccc(C(=O)O)cc1. The molecule has 1 fully saturated rings. The predicted molar refractivity (Wildman–Crippen MR) is 210 cm³/mol. The maximum atomic E-state index is 10.4. The number of allylic oxidation sites excluding steroid dienone is 7. The number of fused-ring (bicyclic) bond motifs is 4. The number of ether oxygens (including phenoxy) is 1. The summed E-state index contributed by atoms with van der Waals surface area (Å²) in [6.45, 7) is 1.01. The van der Waals surface area contributed by atoms with E-state index in [4.69, 9.17) is 15.6 Å². The summed E-state index contributed by atoms with van der Waals surface area (Å²) in [5.41, 5.74) is 18.3. The number of carboxylic acid groups (broad SMARTS) is 1. The summed E-state index contributed by atoms with van der Waals surface area (Å²) >= 11 is 0. The molecule has 0 saturated carbocycles. The molecule has 276 valence electrons. The molecule has 1 spiro atoms. The van der Waals surface area contributed by atoms with Crippen LogP contribution in [0.4, 0.5) is 5.69 Å². The van der Waals surface area contributed by atoms with Crippen LogP contribution in [0.2, 0.25) is 0 Å². The number of amidine groups is 1. The predicted octanol–water partition coefficient (Wildman–Crippen LogP) is 3.14. The largest absolute Gasteiger partial charge is 0.504 e. The van der Waals surface area contributed by atoms with Gasteiger partial charge in [-0.2, -0.15) is 9.98 Å². The highest BCUT2D eigenvalue weighted by Gasteiger charge is 2.64. The van der Waals surface area contributed by atoms with E-state index in [-0.39, 0.29) is 22.8 Å². The number of aliphatic hydroxyl groups is 1. The topological polar surface area (TPSA) is 214 Å². The highest BCUT2D eigenvalue weighted by Crippen LogP contribution is 2.62. The second-order valence-corrected chi connectivity index (χ2v) is 14.2. The molecule has 10 bridgehead atoms. The maximum absolute atomic E-state index is 10.4. The van der Waals surface area contributed by atoms with Gasteiger partial charge in [0.25, 0.3) is 5.96 Å². The molecule has 7 aliphatic heterocycles. The number of nitrogens with two attached hydrogens (primary N) is 1. The summed E-state index contributed by atoms with van der Waals surface area (Å²) in [6.07, 6.45) is 20.2. The van der Waals surface area contributed by atoms with Gasteiger partial charge in [-0.3, -0.25) is 10.9 Å². The lowest BCUT2D eigenvalue weighted by molar-refractivity contribution is -0.0453. The van der Waals surface area contributed by atoms with Gasteiger partial charge in [0.1, 0.15) is 12.2 Å². The van der Waals surface area contributed by atoms with Crippen molar-refractivity contribution in [2.45, 2.75) is 36.5 Å². The minimum Gasteiger partial charge on any atom is -0.504 e.